The molecule has 0 amide bonds. The molecule has 12 aromatic rings. The van der Waals surface area contributed by atoms with Crippen molar-refractivity contribution in [1.82, 2.24) is 9.13 Å². The van der Waals surface area contributed by atoms with Crippen LogP contribution in [0.15, 0.2) is 200 Å². The van der Waals surface area contributed by atoms with Gasteiger partial charge in [-0.25, -0.2) is 9.69 Å². The number of benzene rings is 10. The molecule has 0 N–H and O–H groups in total. The van der Waals surface area contributed by atoms with Gasteiger partial charge in [0.1, 0.15) is 11.6 Å². The maximum atomic E-state index is 14.9. The predicted molar refractivity (Wildman–Crippen MR) is 299 cm³/mol. The smallest absolute Gasteiger partial charge is 0.308 e. The molecular formula is C67H36F3N7. The fourth-order valence-corrected chi connectivity index (χ4v) is 10.9. The molecule has 2 aromatic heterocycles. The van der Waals surface area contributed by atoms with Crippen molar-refractivity contribution in [3.8, 4) is 85.2 Å². The molecule has 0 aliphatic carbocycles. The van der Waals surface area contributed by atoms with Crippen LogP contribution in [-0.4, -0.2) is 9.13 Å². The van der Waals surface area contributed by atoms with Crippen LogP contribution in [0.1, 0.15) is 27.8 Å². The molecule has 7 nitrogen and oxygen atoms in total. The molecular weight excluding hydrogens is 960 g/mol. The normalized spacial score (nSPS) is 11.3. The fraction of sp³-hybridized carbons (Fsp3) is 0.0299. The summed E-state index contributed by atoms with van der Waals surface area (Å²) in [5.41, 5.74) is 11.1. The molecule has 12 rings (SSSR count). The lowest BCUT2D eigenvalue weighted by molar-refractivity contribution is -0.137. The second kappa shape index (κ2) is 18.5. The van der Waals surface area contributed by atoms with Crippen LogP contribution < -0.4 is 0 Å². The zero-order valence-electron chi connectivity index (χ0n) is 40.8. The summed E-state index contributed by atoms with van der Waals surface area (Å²) in [6.07, 6.45) is -4.68. The van der Waals surface area contributed by atoms with E-state index in [0.29, 0.717) is 89.3 Å². The Morgan fingerprint density at radius 2 is 0.766 bits per heavy atom. The van der Waals surface area contributed by atoms with Crippen LogP contribution >= 0.6 is 0 Å². The van der Waals surface area contributed by atoms with E-state index in [4.69, 9.17) is 13.1 Å². The van der Waals surface area contributed by atoms with Crippen molar-refractivity contribution in [3.05, 3.63) is 251 Å². The van der Waals surface area contributed by atoms with Gasteiger partial charge in [0, 0.05) is 21.5 Å². The van der Waals surface area contributed by atoms with E-state index in [1.807, 2.05) is 130 Å². The van der Waals surface area contributed by atoms with E-state index in [2.05, 4.69) is 27.9 Å². The number of nitriles is 3. The number of fused-ring (bicyclic) bond motifs is 6. The van der Waals surface area contributed by atoms with Crippen molar-refractivity contribution in [1.29, 1.82) is 15.8 Å². The molecule has 0 saturated heterocycles. The fourth-order valence-electron chi connectivity index (χ4n) is 10.9. The molecule has 77 heavy (non-hydrogen) atoms. The standard InChI is InChI=1S/C67H36F3N7/c1-40-28-47(30-49(29-40)67(68,69)70)48-35-65(76-61-31-41(50-14-6-4-12-45(50)37-71)20-24-54(61)56-26-22-43(33-63(56)76)52-16-8-10-18-59(52)74-2)58(39-73)66(36-48)77-62-32-42(51-15-7-5-13-46(51)38-72)21-25-55(62)57-27-23-44(34-64(57)77)53-17-9-11-19-60(53)75-3/h4-36H,1H3. The van der Waals surface area contributed by atoms with Crippen LogP contribution in [0, 0.1) is 54.1 Å². The quantitative estimate of drug-likeness (QED) is 0.149. The number of alkyl halides is 3. The molecule has 10 aromatic carbocycles. The highest BCUT2D eigenvalue weighted by Crippen LogP contribution is 2.45. The summed E-state index contributed by atoms with van der Waals surface area (Å²) in [7, 11) is 0. The number of rotatable bonds is 7. The molecule has 0 spiro atoms. The summed E-state index contributed by atoms with van der Waals surface area (Å²) in [6.45, 7) is 17.7. The topological polar surface area (TPSA) is 89.9 Å². The Hall–Kier alpha value is -11.0. The summed E-state index contributed by atoms with van der Waals surface area (Å²) >= 11 is 0. The first-order valence-corrected chi connectivity index (χ1v) is 24.4. The lowest BCUT2D eigenvalue weighted by atomic mass is 9.96. The van der Waals surface area contributed by atoms with Gasteiger partial charge in [0.05, 0.1) is 75.4 Å². The van der Waals surface area contributed by atoms with Crippen LogP contribution in [0.25, 0.3) is 120 Å². The van der Waals surface area contributed by atoms with E-state index in [9.17, 15) is 29.0 Å². The maximum absolute atomic E-state index is 14.9. The van der Waals surface area contributed by atoms with Crippen molar-refractivity contribution >= 4 is 55.0 Å². The van der Waals surface area contributed by atoms with Gasteiger partial charge in [-0.2, -0.15) is 29.0 Å². The summed E-state index contributed by atoms with van der Waals surface area (Å²) in [5, 5.41) is 35.8. The van der Waals surface area contributed by atoms with Gasteiger partial charge in [0.25, 0.3) is 0 Å². The summed E-state index contributed by atoms with van der Waals surface area (Å²) in [5.74, 6) is 0. The minimum absolute atomic E-state index is 0.180. The zero-order valence-corrected chi connectivity index (χ0v) is 40.8. The SMILES string of the molecule is [C-]#[N+]c1ccccc1-c1ccc2c3ccc(-c4ccccc4C#N)cc3n(-c3cc(-c4cc(C)cc(C(F)(F)F)c4)cc(-n4c5cc(-c6ccccc6C#N)ccc5c5ccc(-c6ccccc6[N+]#[C-])cc54)c3C#N)c2c1. The molecule has 0 radical (unpaired) electrons. The van der Waals surface area contributed by atoms with E-state index < -0.39 is 11.7 Å². The molecule has 0 bridgehead atoms. The molecule has 2 heterocycles. The lowest BCUT2D eigenvalue weighted by Gasteiger charge is -2.20. The van der Waals surface area contributed by atoms with Gasteiger partial charge >= 0.3 is 6.18 Å². The van der Waals surface area contributed by atoms with Gasteiger partial charge < -0.3 is 9.13 Å². The van der Waals surface area contributed by atoms with Gasteiger partial charge in [-0.1, -0.05) is 140 Å². The first-order chi connectivity index (χ1) is 37.5. The van der Waals surface area contributed by atoms with Gasteiger partial charge in [-0.3, -0.25) is 0 Å². The third-order valence-corrected chi connectivity index (χ3v) is 14.4. The van der Waals surface area contributed by atoms with Gasteiger partial charge in [-0.15, -0.1) is 0 Å². The Bertz CT molecular complexity index is 4220. The molecule has 0 atom stereocenters. The van der Waals surface area contributed by atoms with Gasteiger partial charge in [0.2, 0.25) is 0 Å². The third kappa shape index (κ3) is 7.89. The van der Waals surface area contributed by atoms with Gasteiger partial charge in [-0.05, 0) is 129 Å². The lowest BCUT2D eigenvalue weighted by Crippen LogP contribution is -2.07. The average Bonchev–Trinajstić information content (AvgIpc) is 4.16. The summed E-state index contributed by atoms with van der Waals surface area (Å²) in [6, 6.07) is 67.5. The molecule has 10 heteroatoms. The Morgan fingerprint density at radius 3 is 1.14 bits per heavy atom. The van der Waals surface area contributed by atoms with Crippen molar-refractivity contribution in [3.63, 3.8) is 0 Å². The second-order valence-electron chi connectivity index (χ2n) is 18.8. The van der Waals surface area contributed by atoms with Crippen LogP contribution in [0.2, 0.25) is 0 Å². The first kappa shape index (κ1) is 47.1. The highest BCUT2D eigenvalue weighted by Gasteiger charge is 2.32. The molecule has 0 aliphatic heterocycles. The van der Waals surface area contributed by atoms with Crippen LogP contribution in [-0.2, 0) is 6.18 Å². The average molecular weight is 996 g/mol. The minimum atomic E-state index is -4.68. The summed E-state index contributed by atoms with van der Waals surface area (Å²) in [4.78, 5) is 7.67. The third-order valence-electron chi connectivity index (χ3n) is 14.4. The molecule has 0 unspecified atom stereocenters. The molecule has 0 aliphatic rings. The highest BCUT2D eigenvalue weighted by atomic mass is 19.4. The summed E-state index contributed by atoms with van der Waals surface area (Å²) < 4.78 is 48.6. The number of hydrogen-bond donors (Lipinski definition) is 0. The van der Waals surface area contributed by atoms with E-state index in [1.165, 1.54) is 0 Å². The molecule has 360 valence electrons. The first-order valence-electron chi connectivity index (χ1n) is 24.4. The van der Waals surface area contributed by atoms with Crippen molar-refractivity contribution in [2.24, 2.45) is 0 Å². The van der Waals surface area contributed by atoms with Crippen LogP contribution in [0.4, 0.5) is 24.5 Å². The monoisotopic (exact) mass is 995 g/mol. The predicted octanol–water partition coefficient (Wildman–Crippen LogP) is 18.3. The maximum Gasteiger partial charge on any atom is 0.416 e. The Balaban J connectivity index is 1.27. The Kier molecular flexibility index (Phi) is 11.3. The number of nitrogens with zero attached hydrogens (tertiary/aromatic N) is 7. The number of halogens is 3. The molecule has 0 fully saturated rings. The Morgan fingerprint density at radius 1 is 0.403 bits per heavy atom. The van der Waals surface area contributed by atoms with Crippen molar-refractivity contribution in [2.75, 3.05) is 0 Å². The second-order valence-corrected chi connectivity index (χ2v) is 18.8. The van der Waals surface area contributed by atoms with E-state index >= 15 is 0 Å². The Labute approximate surface area is 440 Å². The van der Waals surface area contributed by atoms with E-state index in [0.717, 1.165) is 55.9 Å². The highest BCUT2D eigenvalue weighted by molar-refractivity contribution is 6.14. The van der Waals surface area contributed by atoms with Crippen LogP contribution in [0.3, 0.4) is 0 Å². The number of hydrogen-bond acceptors (Lipinski definition) is 3. The van der Waals surface area contributed by atoms with Gasteiger partial charge in [0.15, 0.2) is 11.4 Å². The largest absolute Gasteiger partial charge is 0.416 e. The number of para-hydroxylation sites is 2. The van der Waals surface area contributed by atoms with Crippen LogP contribution in [0.5, 0.6) is 0 Å². The van der Waals surface area contributed by atoms with Crippen molar-refractivity contribution < 1.29 is 13.2 Å². The van der Waals surface area contributed by atoms with E-state index in [1.54, 1.807) is 73.7 Å². The molecule has 0 saturated carbocycles. The van der Waals surface area contributed by atoms with E-state index in [-0.39, 0.29) is 11.1 Å². The van der Waals surface area contributed by atoms with Crippen molar-refractivity contribution in [2.45, 2.75) is 13.1 Å². The minimum Gasteiger partial charge on any atom is -0.308 e. The zero-order chi connectivity index (χ0) is 53.1. The number of aryl methyl sites for hydroxylation is 1. The number of aromatic nitrogens is 2.